The zero-order chi connectivity index (χ0) is 14.4. The summed E-state index contributed by atoms with van der Waals surface area (Å²) in [6, 6.07) is -0.880. The first-order valence-corrected chi connectivity index (χ1v) is 6.98. The number of hydrogen-bond donors (Lipinski definition) is 1. The molecule has 2 atom stereocenters. The molecule has 0 saturated carbocycles. The van der Waals surface area contributed by atoms with E-state index in [1.807, 2.05) is 0 Å². The van der Waals surface area contributed by atoms with Crippen LogP contribution in [0.15, 0.2) is 0 Å². The number of ether oxygens (including phenoxy) is 3. The number of carbonyl (C=O) groups excluding carboxylic acids is 1. The third-order valence-electron chi connectivity index (χ3n) is 3.52. The molecule has 2 heterocycles. The van der Waals surface area contributed by atoms with Crippen LogP contribution >= 0.6 is 0 Å². The smallest absolute Gasteiger partial charge is 0.328 e. The lowest BCUT2D eigenvalue weighted by Gasteiger charge is -2.32. The van der Waals surface area contributed by atoms with E-state index in [0.717, 1.165) is 19.4 Å². The van der Waals surface area contributed by atoms with Gasteiger partial charge in [0.15, 0.2) is 6.04 Å². The van der Waals surface area contributed by atoms with Crippen molar-refractivity contribution in [3.05, 3.63) is 0 Å². The van der Waals surface area contributed by atoms with E-state index >= 15 is 0 Å². The molecular weight excluding hydrogens is 266 g/mol. The van der Waals surface area contributed by atoms with Crippen LogP contribution in [0.3, 0.4) is 0 Å². The molecule has 2 aliphatic heterocycles. The van der Waals surface area contributed by atoms with E-state index in [0.29, 0.717) is 26.4 Å². The van der Waals surface area contributed by atoms with Crippen molar-refractivity contribution in [1.29, 1.82) is 0 Å². The fourth-order valence-corrected chi connectivity index (χ4v) is 2.40. The van der Waals surface area contributed by atoms with Gasteiger partial charge in [0.2, 0.25) is 5.91 Å². The van der Waals surface area contributed by atoms with Gasteiger partial charge in [-0.05, 0) is 12.8 Å². The summed E-state index contributed by atoms with van der Waals surface area (Å²) < 4.78 is 15.9. The summed E-state index contributed by atoms with van der Waals surface area (Å²) in [6.07, 6.45) is 2.39. The van der Waals surface area contributed by atoms with Gasteiger partial charge >= 0.3 is 5.97 Å². The number of carbonyl (C=O) groups is 2. The van der Waals surface area contributed by atoms with Gasteiger partial charge in [-0.3, -0.25) is 4.79 Å². The van der Waals surface area contributed by atoms with Gasteiger partial charge in [0.05, 0.1) is 39.0 Å². The number of amides is 1. The highest BCUT2D eigenvalue weighted by atomic mass is 16.5. The largest absolute Gasteiger partial charge is 0.480 e. The second-order valence-electron chi connectivity index (χ2n) is 4.98. The van der Waals surface area contributed by atoms with Crippen molar-refractivity contribution in [1.82, 2.24) is 4.90 Å². The lowest BCUT2D eigenvalue weighted by atomic mass is 10.2. The Hall–Kier alpha value is -1.18. The minimum absolute atomic E-state index is 0.0534. The molecule has 2 fully saturated rings. The third-order valence-corrected chi connectivity index (χ3v) is 3.52. The molecule has 0 radical (unpaired) electrons. The number of carboxylic acid groups (broad SMARTS) is 1. The third kappa shape index (κ3) is 4.16. The Kier molecular flexibility index (Phi) is 5.75. The van der Waals surface area contributed by atoms with Gasteiger partial charge in [-0.25, -0.2) is 4.79 Å². The summed E-state index contributed by atoms with van der Waals surface area (Å²) >= 11 is 0. The molecule has 1 N–H and O–H groups in total. The van der Waals surface area contributed by atoms with Crippen molar-refractivity contribution >= 4 is 11.9 Å². The van der Waals surface area contributed by atoms with Crippen molar-refractivity contribution in [2.45, 2.75) is 31.4 Å². The fourth-order valence-electron chi connectivity index (χ4n) is 2.40. The maximum atomic E-state index is 12.0. The lowest BCUT2D eigenvalue weighted by Crippen LogP contribution is -2.52. The molecule has 0 aromatic heterocycles. The maximum Gasteiger partial charge on any atom is 0.328 e. The first-order chi connectivity index (χ1) is 9.68. The molecule has 0 aliphatic carbocycles. The first-order valence-electron chi connectivity index (χ1n) is 6.98. The van der Waals surface area contributed by atoms with Crippen LogP contribution in [0, 0.1) is 0 Å². The minimum Gasteiger partial charge on any atom is -0.480 e. The van der Waals surface area contributed by atoms with Crippen LogP contribution in [0.5, 0.6) is 0 Å². The number of aliphatic carboxylic acids is 1. The summed E-state index contributed by atoms with van der Waals surface area (Å²) in [6.45, 7) is 2.33. The topological polar surface area (TPSA) is 85.3 Å². The minimum atomic E-state index is -1.03. The summed E-state index contributed by atoms with van der Waals surface area (Å²) in [5.41, 5.74) is 0. The van der Waals surface area contributed by atoms with E-state index < -0.39 is 12.0 Å². The van der Waals surface area contributed by atoms with Crippen LogP contribution in [-0.2, 0) is 23.8 Å². The van der Waals surface area contributed by atoms with Crippen LogP contribution in [0.4, 0.5) is 0 Å². The maximum absolute atomic E-state index is 12.0. The van der Waals surface area contributed by atoms with E-state index in [1.165, 1.54) is 4.90 Å². The molecule has 7 heteroatoms. The molecule has 0 aromatic rings. The Bertz CT molecular complexity index is 342. The molecule has 1 amide bonds. The second-order valence-corrected chi connectivity index (χ2v) is 4.98. The molecule has 0 spiro atoms. The number of rotatable bonds is 6. The van der Waals surface area contributed by atoms with Crippen LogP contribution in [0.1, 0.15) is 19.3 Å². The van der Waals surface area contributed by atoms with Gasteiger partial charge in [-0.15, -0.1) is 0 Å². The zero-order valence-electron chi connectivity index (χ0n) is 11.5. The van der Waals surface area contributed by atoms with Crippen LogP contribution in [-0.4, -0.2) is 73.6 Å². The summed E-state index contributed by atoms with van der Waals surface area (Å²) in [7, 11) is 0. The van der Waals surface area contributed by atoms with Gasteiger partial charge in [-0.1, -0.05) is 0 Å². The van der Waals surface area contributed by atoms with Crippen molar-refractivity contribution < 1.29 is 28.9 Å². The monoisotopic (exact) mass is 287 g/mol. The molecule has 2 rings (SSSR count). The first kappa shape index (κ1) is 15.2. The SMILES string of the molecule is O=C(O)[C@H]1COCCN1C(=O)CCOC[C@@H]1CCCO1. The molecule has 7 nitrogen and oxygen atoms in total. The van der Waals surface area contributed by atoms with Crippen molar-refractivity contribution in [2.75, 3.05) is 39.6 Å². The van der Waals surface area contributed by atoms with Gasteiger partial charge in [0, 0.05) is 13.2 Å². The quantitative estimate of drug-likeness (QED) is 0.686. The Balaban J connectivity index is 1.68. The number of carboxylic acids is 1. The highest BCUT2D eigenvalue weighted by molar-refractivity contribution is 5.84. The van der Waals surface area contributed by atoms with Gasteiger partial charge in [0.25, 0.3) is 0 Å². The van der Waals surface area contributed by atoms with E-state index in [9.17, 15) is 9.59 Å². The predicted octanol–water partition coefficient (Wildman–Crippen LogP) is -0.116. The van der Waals surface area contributed by atoms with Crippen molar-refractivity contribution in [2.24, 2.45) is 0 Å². The van der Waals surface area contributed by atoms with Gasteiger partial charge in [-0.2, -0.15) is 0 Å². The molecule has 0 aromatic carbocycles. The summed E-state index contributed by atoms with van der Waals surface area (Å²) in [5, 5.41) is 9.05. The molecule has 114 valence electrons. The average Bonchev–Trinajstić information content (AvgIpc) is 2.96. The Morgan fingerprint density at radius 3 is 2.90 bits per heavy atom. The Morgan fingerprint density at radius 1 is 1.35 bits per heavy atom. The predicted molar refractivity (Wildman–Crippen MR) is 68.4 cm³/mol. The zero-order valence-corrected chi connectivity index (χ0v) is 11.5. The van der Waals surface area contributed by atoms with Gasteiger partial charge in [0.1, 0.15) is 0 Å². The molecule has 20 heavy (non-hydrogen) atoms. The highest BCUT2D eigenvalue weighted by Gasteiger charge is 2.32. The molecular formula is C13H21NO6. The number of nitrogens with zero attached hydrogens (tertiary/aromatic N) is 1. The van der Waals surface area contributed by atoms with E-state index in [-0.39, 0.29) is 25.0 Å². The summed E-state index contributed by atoms with van der Waals surface area (Å²) in [4.78, 5) is 24.4. The number of morpholine rings is 1. The Labute approximate surface area is 117 Å². The standard InChI is InChI=1S/C13H21NO6/c15-12(3-6-18-8-10-2-1-5-20-10)14-4-7-19-9-11(14)13(16)17/h10-11H,1-9H2,(H,16,17)/t10-,11+/m0/s1. The van der Waals surface area contributed by atoms with Crippen LogP contribution < -0.4 is 0 Å². The molecule has 2 saturated heterocycles. The molecule has 0 unspecified atom stereocenters. The molecule has 0 bridgehead atoms. The summed E-state index contributed by atoms with van der Waals surface area (Å²) in [5.74, 6) is -1.23. The number of hydrogen-bond acceptors (Lipinski definition) is 5. The fraction of sp³-hybridized carbons (Fsp3) is 0.846. The second kappa shape index (κ2) is 7.56. The highest BCUT2D eigenvalue weighted by Crippen LogP contribution is 2.13. The van der Waals surface area contributed by atoms with Gasteiger partial charge < -0.3 is 24.2 Å². The van der Waals surface area contributed by atoms with Crippen LogP contribution in [0.2, 0.25) is 0 Å². The molecule has 2 aliphatic rings. The van der Waals surface area contributed by atoms with E-state index in [4.69, 9.17) is 19.3 Å². The lowest BCUT2D eigenvalue weighted by molar-refractivity contribution is -0.158. The Morgan fingerprint density at radius 2 is 2.20 bits per heavy atom. The van der Waals surface area contributed by atoms with E-state index in [1.54, 1.807) is 0 Å². The van der Waals surface area contributed by atoms with Crippen LogP contribution in [0.25, 0.3) is 0 Å². The normalized spacial score (nSPS) is 26.7. The van der Waals surface area contributed by atoms with E-state index in [2.05, 4.69) is 0 Å². The van der Waals surface area contributed by atoms with Crippen molar-refractivity contribution in [3.8, 4) is 0 Å². The average molecular weight is 287 g/mol. The van der Waals surface area contributed by atoms with Crippen molar-refractivity contribution in [3.63, 3.8) is 0 Å².